The first-order valence-corrected chi connectivity index (χ1v) is 11.9. The summed E-state index contributed by atoms with van der Waals surface area (Å²) in [7, 11) is -2.88. The molecule has 0 spiro atoms. The fourth-order valence-electron chi connectivity index (χ4n) is 3.29. The highest BCUT2D eigenvalue weighted by atomic mass is 32.2. The molecule has 1 amide bonds. The minimum absolute atomic E-state index is 0.000402. The van der Waals surface area contributed by atoms with E-state index in [4.69, 9.17) is 10.1 Å². The fourth-order valence-corrected chi connectivity index (χ4v) is 4.58. The van der Waals surface area contributed by atoms with E-state index in [-0.39, 0.29) is 17.9 Å². The standard InChI is InChI=1S/C23H24N4O6S/c1-15-4-3-5-19(10-15)34(30,31)27-21(23(29)32-2)14-25-22(28)12-18-11-20(26-33-18)17-8-6-16(13-24)7-9-17/h3-10,18,21,27H,11-12,14H2,1-2H3,(H,25,28)/t18-,21+/m1/s1. The summed E-state index contributed by atoms with van der Waals surface area (Å²) in [5.41, 5.74) is 2.71. The molecule has 10 nitrogen and oxygen atoms in total. The first kappa shape index (κ1) is 24.9. The number of hydrogen-bond acceptors (Lipinski definition) is 8. The van der Waals surface area contributed by atoms with Crippen LogP contribution in [0.1, 0.15) is 29.5 Å². The highest BCUT2D eigenvalue weighted by molar-refractivity contribution is 7.89. The van der Waals surface area contributed by atoms with Crippen LogP contribution in [-0.4, -0.2) is 51.8 Å². The number of amides is 1. The van der Waals surface area contributed by atoms with Crippen molar-refractivity contribution in [2.75, 3.05) is 13.7 Å². The van der Waals surface area contributed by atoms with E-state index in [9.17, 15) is 18.0 Å². The molecule has 2 aromatic rings. The summed E-state index contributed by atoms with van der Waals surface area (Å²) in [4.78, 5) is 29.9. The Morgan fingerprint density at radius 3 is 2.65 bits per heavy atom. The van der Waals surface area contributed by atoms with Crippen molar-refractivity contribution in [1.82, 2.24) is 10.0 Å². The Labute approximate surface area is 197 Å². The van der Waals surface area contributed by atoms with Crippen LogP contribution in [0.15, 0.2) is 58.6 Å². The van der Waals surface area contributed by atoms with Crippen molar-refractivity contribution in [2.24, 2.45) is 5.16 Å². The van der Waals surface area contributed by atoms with E-state index in [1.807, 2.05) is 6.07 Å². The molecule has 0 fully saturated rings. The molecule has 0 unspecified atom stereocenters. The van der Waals surface area contributed by atoms with Gasteiger partial charge in [-0.05, 0) is 42.3 Å². The second-order valence-electron chi connectivity index (χ2n) is 7.68. The van der Waals surface area contributed by atoms with Crippen molar-refractivity contribution < 1.29 is 27.6 Å². The van der Waals surface area contributed by atoms with Gasteiger partial charge >= 0.3 is 5.97 Å². The average Bonchev–Trinajstić information content (AvgIpc) is 3.29. The Hall–Kier alpha value is -3.75. The molecule has 2 atom stereocenters. The summed E-state index contributed by atoms with van der Waals surface area (Å²) in [5, 5.41) is 15.4. The van der Waals surface area contributed by atoms with Crippen LogP contribution in [0.4, 0.5) is 0 Å². The number of oxime groups is 1. The number of aryl methyl sites for hydroxylation is 1. The van der Waals surface area contributed by atoms with E-state index in [0.717, 1.165) is 18.2 Å². The van der Waals surface area contributed by atoms with Gasteiger partial charge in [-0.1, -0.05) is 29.4 Å². The van der Waals surface area contributed by atoms with Crippen molar-refractivity contribution in [3.05, 3.63) is 65.2 Å². The van der Waals surface area contributed by atoms with Gasteiger partial charge in [0.2, 0.25) is 15.9 Å². The Morgan fingerprint density at radius 2 is 2.00 bits per heavy atom. The first-order chi connectivity index (χ1) is 16.2. The maximum atomic E-state index is 12.7. The molecule has 3 rings (SSSR count). The van der Waals surface area contributed by atoms with Crippen molar-refractivity contribution in [3.63, 3.8) is 0 Å². The summed E-state index contributed by atoms with van der Waals surface area (Å²) < 4.78 is 32.3. The minimum atomic E-state index is -4.02. The number of sulfonamides is 1. The van der Waals surface area contributed by atoms with Crippen LogP contribution >= 0.6 is 0 Å². The van der Waals surface area contributed by atoms with Gasteiger partial charge in [0.25, 0.3) is 0 Å². The number of nitriles is 1. The number of ether oxygens (including phenoxy) is 1. The molecule has 0 aromatic heterocycles. The van der Waals surface area contributed by atoms with E-state index in [1.54, 1.807) is 43.3 Å². The molecule has 178 valence electrons. The zero-order valence-electron chi connectivity index (χ0n) is 18.6. The molecule has 0 saturated carbocycles. The largest absolute Gasteiger partial charge is 0.468 e. The van der Waals surface area contributed by atoms with Gasteiger partial charge in [0.15, 0.2) is 0 Å². The molecule has 2 aromatic carbocycles. The number of hydrogen-bond donors (Lipinski definition) is 2. The number of methoxy groups -OCH3 is 1. The van der Waals surface area contributed by atoms with Crippen molar-refractivity contribution in [1.29, 1.82) is 5.26 Å². The first-order valence-electron chi connectivity index (χ1n) is 10.4. The summed E-state index contributed by atoms with van der Waals surface area (Å²) >= 11 is 0. The predicted molar refractivity (Wildman–Crippen MR) is 122 cm³/mol. The summed E-state index contributed by atoms with van der Waals surface area (Å²) in [6, 6.07) is 13.8. The average molecular weight is 485 g/mol. The Kier molecular flexibility index (Phi) is 7.99. The normalized spacial score (nSPS) is 16.0. The molecule has 1 aliphatic heterocycles. The number of rotatable bonds is 9. The van der Waals surface area contributed by atoms with Gasteiger partial charge in [0.05, 0.1) is 35.8 Å². The molecule has 0 bridgehead atoms. The minimum Gasteiger partial charge on any atom is -0.468 e. The van der Waals surface area contributed by atoms with E-state index < -0.39 is 34.0 Å². The zero-order chi connectivity index (χ0) is 24.7. The van der Waals surface area contributed by atoms with E-state index in [2.05, 4.69) is 19.9 Å². The van der Waals surface area contributed by atoms with Gasteiger partial charge in [0.1, 0.15) is 12.1 Å². The molecule has 34 heavy (non-hydrogen) atoms. The Bertz CT molecular complexity index is 1230. The zero-order valence-corrected chi connectivity index (χ0v) is 19.5. The number of benzene rings is 2. The van der Waals surface area contributed by atoms with Gasteiger partial charge in [-0.25, -0.2) is 8.42 Å². The van der Waals surface area contributed by atoms with Crippen LogP contribution in [-0.2, 0) is 29.2 Å². The number of nitrogens with zero attached hydrogens (tertiary/aromatic N) is 2. The SMILES string of the molecule is COC(=O)[C@H](CNC(=O)C[C@H]1CC(c2ccc(C#N)cc2)=NO1)NS(=O)(=O)c1cccc(C)c1. The van der Waals surface area contributed by atoms with Crippen molar-refractivity contribution in [2.45, 2.75) is 36.8 Å². The fraction of sp³-hybridized carbons (Fsp3) is 0.304. The van der Waals surface area contributed by atoms with Gasteiger partial charge in [-0.3, -0.25) is 9.59 Å². The monoisotopic (exact) mass is 484 g/mol. The van der Waals surface area contributed by atoms with E-state index in [0.29, 0.717) is 17.7 Å². The molecular weight excluding hydrogens is 460 g/mol. The Balaban J connectivity index is 1.55. The Morgan fingerprint density at radius 1 is 1.26 bits per heavy atom. The van der Waals surface area contributed by atoms with Gasteiger partial charge in [-0.15, -0.1) is 0 Å². The van der Waals surface area contributed by atoms with Crippen molar-refractivity contribution in [3.8, 4) is 6.07 Å². The highest BCUT2D eigenvalue weighted by Gasteiger charge is 2.29. The molecule has 11 heteroatoms. The number of nitrogens with one attached hydrogen (secondary N) is 2. The van der Waals surface area contributed by atoms with Gasteiger partial charge in [-0.2, -0.15) is 9.98 Å². The summed E-state index contributed by atoms with van der Waals surface area (Å²) in [6.07, 6.45) is -0.159. The molecule has 0 radical (unpaired) electrons. The van der Waals surface area contributed by atoms with E-state index in [1.165, 1.54) is 12.1 Å². The third-order valence-electron chi connectivity index (χ3n) is 5.08. The second kappa shape index (κ2) is 10.9. The third-order valence-corrected chi connectivity index (χ3v) is 6.55. The lowest BCUT2D eigenvalue weighted by atomic mass is 10.0. The van der Waals surface area contributed by atoms with Gasteiger partial charge < -0.3 is 14.9 Å². The topological polar surface area (TPSA) is 147 Å². The third kappa shape index (κ3) is 6.40. The van der Waals surface area contributed by atoms with Gasteiger partial charge in [0, 0.05) is 13.0 Å². The number of esters is 1. The maximum absolute atomic E-state index is 12.7. The molecule has 0 saturated heterocycles. The van der Waals surface area contributed by atoms with E-state index >= 15 is 0 Å². The summed E-state index contributed by atoms with van der Waals surface area (Å²) in [5.74, 6) is -1.27. The second-order valence-corrected chi connectivity index (χ2v) is 9.39. The lowest BCUT2D eigenvalue weighted by Crippen LogP contribution is -2.49. The summed E-state index contributed by atoms with van der Waals surface area (Å²) in [6.45, 7) is 1.45. The van der Waals surface area contributed by atoms with Crippen LogP contribution < -0.4 is 10.0 Å². The predicted octanol–water partition coefficient (Wildman–Crippen LogP) is 1.39. The number of carbonyl (C=O) groups excluding carboxylic acids is 2. The smallest absolute Gasteiger partial charge is 0.325 e. The quantitative estimate of drug-likeness (QED) is 0.511. The van der Waals surface area contributed by atoms with Crippen LogP contribution in [0.3, 0.4) is 0 Å². The lowest BCUT2D eigenvalue weighted by molar-refractivity contribution is -0.142. The highest BCUT2D eigenvalue weighted by Crippen LogP contribution is 2.19. The van der Waals surface area contributed by atoms with Crippen LogP contribution in [0, 0.1) is 18.3 Å². The van der Waals surface area contributed by atoms with Crippen molar-refractivity contribution >= 4 is 27.6 Å². The molecular formula is C23H24N4O6S. The van der Waals surface area contributed by atoms with Crippen LogP contribution in [0.5, 0.6) is 0 Å². The molecule has 2 N–H and O–H groups in total. The molecule has 1 heterocycles. The van der Waals surface area contributed by atoms with Crippen LogP contribution in [0.2, 0.25) is 0 Å². The van der Waals surface area contributed by atoms with Crippen LogP contribution in [0.25, 0.3) is 0 Å². The molecule has 0 aliphatic carbocycles. The lowest BCUT2D eigenvalue weighted by Gasteiger charge is -2.18. The molecule has 1 aliphatic rings. The maximum Gasteiger partial charge on any atom is 0.325 e. The number of carbonyl (C=O) groups is 2.